The van der Waals surface area contributed by atoms with Crippen molar-refractivity contribution in [2.45, 2.75) is 0 Å². The molecule has 0 atom stereocenters. The van der Waals surface area contributed by atoms with Gasteiger partial charge >= 0.3 is 0 Å². The summed E-state index contributed by atoms with van der Waals surface area (Å²) < 4.78 is 28.8. The summed E-state index contributed by atoms with van der Waals surface area (Å²) in [6.45, 7) is 0. The first-order valence-electron chi connectivity index (χ1n) is 5.29. The molecule has 0 aliphatic heterocycles. The van der Waals surface area contributed by atoms with Crippen molar-refractivity contribution in [3.63, 3.8) is 0 Å². The fourth-order valence-electron chi connectivity index (χ4n) is 1.82. The lowest BCUT2D eigenvalue weighted by atomic mass is 10.3. The van der Waals surface area contributed by atoms with E-state index in [4.69, 9.17) is 0 Å². The number of para-hydroxylation sites is 1. The van der Waals surface area contributed by atoms with E-state index in [2.05, 4.69) is 26.0 Å². The van der Waals surface area contributed by atoms with Gasteiger partial charge in [-0.2, -0.15) is 5.10 Å². The van der Waals surface area contributed by atoms with E-state index in [1.807, 2.05) is 0 Å². The molecule has 0 saturated heterocycles. The summed E-state index contributed by atoms with van der Waals surface area (Å²) >= 11 is 3.08. The van der Waals surface area contributed by atoms with Crippen LogP contribution in [0.3, 0.4) is 0 Å². The topological polar surface area (TPSA) is 50.7 Å². The number of fused-ring (bicyclic) bond motifs is 1. The van der Waals surface area contributed by atoms with Crippen LogP contribution < -0.4 is 5.56 Å². The summed E-state index contributed by atoms with van der Waals surface area (Å²) in [5, 5.41) is 4.48. The Bertz CT molecular complexity index is 820. The second-order valence-electron chi connectivity index (χ2n) is 3.88. The third-order valence-corrected chi connectivity index (χ3v) is 3.27. The quantitative estimate of drug-likeness (QED) is 0.748. The first-order chi connectivity index (χ1) is 9.08. The lowest BCUT2D eigenvalue weighted by Crippen LogP contribution is -2.10. The van der Waals surface area contributed by atoms with Crippen molar-refractivity contribution < 1.29 is 8.78 Å². The Morgan fingerprint density at radius 2 is 1.95 bits per heavy atom. The standard InChI is InChI=1S/C12H6BrF2N3O/c13-7-4-6-5-16-18(11(6)17-12(7)19)10-8(14)2-1-3-9(10)15/h1-5H,(H,17,19). The first kappa shape index (κ1) is 12.0. The van der Waals surface area contributed by atoms with Gasteiger partial charge in [0.1, 0.15) is 11.3 Å². The molecular weight excluding hydrogens is 320 g/mol. The van der Waals surface area contributed by atoms with Crippen molar-refractivity contribution in [3.8, 4) is 5.69 Å². The average molecular weight is 326 g/mol. The molecule has 0 aliphatic carbocycles. The van der Waals surface area contributed by atoms with Crippen molar-refractivity contribution >= 4 is 27.0 Å². The Morgan fingerprint density at radius 1 is 1.26 bits per heavy atom. The molecule has 1 N–H and O–H groups in total. The number of H-pyrrole nitrogens is 1. The molecule has 3 rings (SSSR count). The fourth-order valence-corrected chi connectivity index (χ4v) is 2.17. The number of nitrogens with zero attached hydrogens (tertiary/aromatic N) is 2. The highest BCUT2D eigenvalue weighted by Gasteiger charge is 2.15. The smallest absolute Gasteiger partial charge is 0.263 e. The van der Waals surface area contributed by atoms with Crippen molar-refractivity contribution in [3.05, 3.63) is 56.9 Å². The number of halogens is 3. The largest absolute Gasteiger partial charge is 0.305 e. The summed E-state index contributed by atoms with van der Waals surface area (Å²) in [6.07, 6.45) is 1.42. The highest BCUT2D eigenvalue weighted by Crippen LogP contribution is 2.21. The SMILES string of the molecule is O=c1[nH]c2c(cnn2-c2c(F)cccc2F)cc1Br. The number of aromatic amines is 1. The normalized spacial score (nSPS) is 11.1. The van der Waals surface area contributed by atoms with Gasteiger partial charge in [0, 0.05) is 5.39 Å². The minimum atomic E-state index is -0.756. The van der Waals surface area contributed by atoms with Gasteiger partial charge in [-0.15, -0.1) is 0 Å². The van der Waals surface area contributed by atoms with Gasteiger partial charge < -0.3 is 4.98 Å². The predicted octanol–water partition coefficient (Wildman–Crippen LogP) is 2.75. The fraction of sp³-hybridized carbons (Fsp3) is 0. The second kappa shape index (κ2) is 4.27. The van der Waals surface area contributed by atoms with Crippen molar-refractivity contribution in [2.24, 2.45) is 0 Å². The number of nitrogens with one attached hydrogen (secondary N) is 1. The van der Waals surface area contributed by atoms with Crippen LogP contribution in [-0.2, 0) is 0 Å². The summed E-state index contributed by atoms with van der Waals surface area (Å²) in [4.78, 5) is 14.1. The molecule has 2 heterocycles. The van der Waals surface area contributed by atoms with E-state index in [1.54, 1.807) is 0 Å². The monoisotopic (exact) mass is 325 g/mol. The maximum atomic E-state index is 13.7. The van der Waals surface area contributed by atoms with Crippen LogP contribution in [0.4, 0.5) is 8.78 Å². The number of rotatable bonds is 1. The number of pyridine rings is 1. The molecule has 7 heteroatoms. The zero-order valence-corrected chi connectivity index (χ0v) is 10.9. The van der Waals surface area contributed by atoms with Crippen LogP contribution in [0.1, 0.15) is 0 Å². The Hall–Kier alpha value is -2.02. The van der Waals surface area contributed by atoms with E-state index in [9.17, 15) is 13.6 Å². The lowest BCUT2D eigenvalue weighted by Gasteiger charge is -2.05. The zero-order chi connectivity index (χ0) is 13.6. The molecule has 3 aromatic rings. The molecular formula is C12H6BrF2N3O. The van der Waals surface area contributed by atoms with E-state index in [-0.39, 0.29) is 11.3 Å². The van der Waals surface area contributed by atoms with Crippen LogP contribution in [0.25, 0.3) is 16.7 Å². The van der Waals surface area contributed by atoms with Gasteiger partial charge in [-0.05, 0) is 34.1 Å². The van der Waals surface area contributed by atoms with E-state index in [0.717, 1.165) is 16.8 Å². The zero-order valence-electron chi connectivity index (χ0n) is 9.32. The maximum Gasteiger partial charge on any atom is 0.263 e. The molecule has 0 unspecified atom stereocenters. The van der Waals surface area contributed by atoms with E-state index in [0.29, 0.717) is 9.86 Å². The van der Waals surface area contributed by atoms with Crippen LogP contribution in [0.2, 0.25) is 0 Å². The molecule has 19 heavy (non-hydrogen) atoms. The highest BCUT2D eigenvalue weighted by atomic mass is 79.9. The van der Waals surface area contributed by atoms with Crippen LogP contribution in [0, 0.1) is 11.6 Å². The molecule has 0 saturated carbocycles. The molecule has 0 spiro atoms. The molecule has 2 aromatic heterocycles. The average Bonchev–Trinajstić information content (AvgIpc) is 2.73. The predicted molar refractivity (Wildman–Crippen MR) is 69.3 cm³/mol. The molecule has 0 bridgehead atoms. The number of benzene rings is 1. The Balaban J connectivity index is 2.38. The summed E-state index contributed by atoms with van der Waals surface area (Å²) in [5.41, 5.74) is -0.487. The number of hydrogen-bond donors (Lipinski definition) is 1. The van der Waals surface area contributed by atoms with Gasteiger partial charge in [-0.3, -0.25) is 4.79 Å². The molecule has 1 aromatic carbocycles. The van der Waals surface area contributed by atoms with Gasteiger partial charge in [0.15, 0.2) is 11.6 Å². The van der Waals surface area contributed by atoms with Crippen LogP contribution in [0.15, 0.2) is 39.7 Å². The summed E-state index contributed by atoms with van der Waals surface area (Å²) in [7, 11) is 0. The van der Waals surface area contributed by atoms with Gasteiger partial charge in [-0.1, -0.05) is 6.07 Å². The van der Waals surface area contributed by atoms with E-state index < -0.39 is 17.2 Å². The minimum absolute atomic E-state index is 0.234. The van der Waals surface area contributed by atoms with Gasteiger partial charge in [0.05, 0.1) is 10.7 Å². The number of hydrogen-bond acceptors (Lipinski definition) is 2. The molecule has 0 fully saturated rings. The number of aromatic nitrogens is 3. The summed E-state index contributed by atoms with van der Waals surface area (Å²) in [5.74, 6) is -1.51. The minimum Gasteiger partial charge on any atom is -0.305 e. The van der Waals surface area contributed by atoms with E-state index >= 15 is 0 Å². The van der Waals surface area contributed by atoms with Crippen LogP contribution >= 0.6 is 15.9 Å². The molecule has 4 nitrogen and oxygen atoms in total. The maximum absolute atomic E-state index is 13.7. The summed E-state index contributed by atoms with van der Waals surface area (Å²) in [6, 6.07) is 5.06. The van der Waals surface area contributed by atoms with E-state index in [1.165, 1.54) is 18.3 Å². The van der Waals surface area contributed by atoms with Gasteiger partial charge in [0.25, 0.3) is 5.56 Å². The lowest BCUT2D eigenvalue weighted by molar-refractivity contribution is 0.562. The highest BCUT2D eigenvalue weighted by molar-refractivity contribution is 9.10. The van der Waals surface area contributed by atoms with Crippen molar-refractivity contribution in [2.75, 3.05) is 0 Å². The Morgan fingerprint density at radius 3 is 2.63 bits per heavy atom. The molecule has 96 valence electrons. The third kappa shape index (κ3) is 1.86. The van der Waals surface area contributed by atoms with Crippen molar-refractivity contribution in [1.82, 2.24) is 14.8 Å². The Kier molecular flexibility index (Phi) is 2.70. The Labute approximate surface area is 113 Å². The van der Waals surface area contributed by atoms with Crippen LogP contribution in [-0.4, -0.2) is 14.8 Å². The third-order valence-electron chi connectivity index (χ3n) is 2.68. The second-order valence-corrected chi connectivity index (χ2v) is 4.73. The van der Waals surface area contributed by atoms with Crippen LogP contribution in [0.5, 0.6) is 0 Å². The van der Waals surface area contributed by atoms with Gasteiger partial charge in [0.2, 0.25) is 0 Å². The van der Waals surface area contributed by atoms with Crippen molar-refractivity contribution in [1.29, 1.82) is 0 Å². The first-order valence-corrected chi connectivity index (χ1v) is 6.08. The molecule has 0 amide bonds. The molecule has 0 aliphatic rings. The van der Waals surface area contributed by atoms with Gasteiger partial charge in [-0.25, -0.2) is 13.5 Å². The molecule has 0 radical (unpaired) electrons.